The van der Waals surface area contributed by atoms with Crippen molar-refractivity contribution in [2.75, 3.05) is 0 Å². The van der Waals surface area contributed by atoms with Crippen LogP contribution in [0.1, 0.15) is 43.4 Å². The zero-order valence-electron chi connectivity index (χ0n) is 16.0. The van der Waals surface area contributed by atoms with Gasteiger partial charge in [0, 0.05) is 18.0 Å². The van der Waals surface area contributed by atoms with Crippen LogP contribution in [0.2, 0.25) is 0 Å². The molecule has 2 aromatic heterocycles. The number of hydrogen-bond donors (Lipinski definition) is 2. The first-order valence-corrected chi connectivity index (χ1v) is 9.07. The zero-order valence-corrected chi connectivity index (χ0v) is 16.0. The summed E-state index contributed by atoms with van der Waals surface area (Å²) in [6.07, 6.45) is 3.46. The van der Waals surface area contributed by atoms with E-state index in [2.05, 4.69) is 54.2 Å². The minimum atomic E-state index is -0.364. The lowest BCUT2D eigenvalue weighted by atomic mass is 9.81. The SMILES string of the molecule is CC(C)(C)c1ccc([C@@H]2C(C#N)=C(N)Oc3n[nH]c(-c4cccnc4)c32)cc1. The molecular formula is C22H21N5O. The van der Waals surface area contributed by atoms with E-state index in [-0.39, 0.29) is 17.2 Å². The van der Waals surface area contributed by atoms with Gasteiger partial charge in [-0.15, -0.1) is 5.10 Å². The number of benzene rings is 1. The third-order valence-corrected chi connectivity index (χ3v) is 5.00. The molecule has 4 rings (SSSR count). The second kappa shape index (κ2) is 6.54. The number of ether oxygens (including phenoxy) is 1. The second-order valence-corrected chi connectivity index (χ2v) is 7.86. The van der Waals surface area contributed by atoms with Crippen LogP contribution in [0.3, 0.4) is 0 Å². The largest absolute Gasteiger partial charge is 0.420 e. The van der Waals surface area contributed by atoms with Gasteiger partial charge in [-0.3, -0.25) is 10.1 Å². The van der Waals surface area contributed by atoms with E-state index >= 15 is 0 Å². The molecule has 1 aliphatic rings. The summed E-state index contributed by atoms with van der Waals surface area (Å²) in [5.74, 6) is 0.112. The van der Waals surface area contributed by atoms with Crippen LogP contribution in [-0.4, -0.2) is 15.2 Å². The standard InChI is InChI=1S/C22H21N5O/c1-22(2,3)15-8-6-13(7-9-15)17-16(11-23)20(24)28-21-18(17)19(26-27-21)14-5-4-10-25-12-14/h4-10,12,17H,24H2,1-3H3,(H,26,27)/t17-/m1/s1. The van der Waals surface area contributed by atoms with Crippen molar-refractivity contribution in [1.29, 1.82) is 5.26 Å². The smallest absolute Gasteiger partial charge is 0.244 e. The van der Waals surface area contributed by atoms with Crippen LogP contribution in [-0.2, 0) is 5.41 Å². The van der Waals surface area contributed by atoms with Crippen molar-refractivity contribution >= 4 is 0 Å². The van der Waals surface area contributed by atoms with Crippen molar-refractivity contribution in [3.8, 4) is 23.2 Å². The van der Waals surface area contributed by atoms with Gasteiger partial charge in [-0.1, -0.05) is 45.0 Å². The van der Waals surface area contributed by atoms with Gasteiger partial charge in [-0.2, -0.15) is 5.26 Å². The first-order valence-electron chi connectivity index (χ1n) is 9.07. The van der Waals surface area contributed by atoms with Gasteiger partial charge in [-0.25, -0.2) is 0 Å². The molecule has 3 heterocycles. The Morgan fingerprint density at radius 2 is 1.93 bits per heavy atom. The van der Waals surface area contributed by atoms with E-state index in [1.807, 2.05) is 24.3 Å². The quantitative estimate of drug-likeness (QED) is 0.709. The lowest BCUT2D eigenvalue weighted by Crippen LogP contribution is -2.21. The molecule has 0 aliphatic carbocycles. The van der Waals surface area contributed by atoms with Crippen LogP contribution < -0.4 is 10.5 Å². The number of fused-ring (bicyclic) bond motifs is 1. The van der Waals surface area contributed by atoms with Crippen molar-refractivity contribution < 1.29 is 4.74 Å². The minimum Gasteiger partial charge on any atom is -0.420 e. The number of nitriles is 1. The summed E-state index contributed by atoms with van der Waals surface area (Å²) in [4.78, 5) is 4.19. The number of nitrogens with zero attached hydrogens (tertiary/aromatic N) is 3. The molecule has 0 spiro atoms. The number of pyridine rings is 1. The van der Waals surface area contributed by atoms with Gasteiger partial charge in [0.2, 0.25) is 11.8 Å². The summed E-state index contributed by atoms with van der Waals surface area (Å²) in [6, 6.07) is 14.3. The van der Waals surface area contributed by atoms with E-state index in [0.717, 1.165) is 22.4 Å². The van der Waals surface area contributed by atoms with E-state index in [1.54, 1.807) is 12.4 Å². The van der Waals surface area contributed by atoms with Gasteiger partial charge in [0.05, 0.1) is 17.2 Å². The van der Waals surface area contributed by atoms with Crippen LogP contribution in [0.5, 0.6) is 5.88 Å². The predicted molar refractivity (Wildman–Crippen MR) is 106 cm³/mol. The summed E-state index contributed by atoms with van der Waals surface area (Å²) in [5.41, 5.74) is 11.1. The predicted octanol–water partition coefficient (Wildman–Crippen LogP) is 3.99. The maximum atomic E-state index is 9.79. The Morgan fingerprint density at radius 3 is 2.54 bits per heavy atom. The topological polar surface area (TPSA) is 101 Å². The number of aromatic amines is 1. The second-order valence-electron chi connectivity index (χ2n) is 7.86. The third-order valence-electron chi connectivity index (χ3n) is 5.00. The summed E-state index contributed by atoms with van der Waals surface area (Å²) in [7, 11) is 0. The molecule has 1 aromatic carbocycles. The molecule has 3 aromatic rings. The summed E-state index contributed by atoms with van der Waals surface area (Å²) < 4.78 is 5.64. The molecule has 0 amide bonds. The maximum Gasteiger partial charge on any atom is 0.244 e. The summed E-state index contributed by atoms with van der Waals surface area (Å²) >= 11 is 0. The molecule has 0 saturated heterocycles. The van der Waals surface area contributed by atoms with Gasteiger partial charge in [0.15, 0.2) is 0 Å². The number of nitrogens with one attached hydrogen (secondary N) is 1. The normalized spacial score (nSPS) is 16.3. The highest BCUT2D eigenvalue weighted by Gasteiger charge is 2.35. The molecule has 140 valence electrons. The van der Waals surface area contributed by atoms with E-state index in [9.17, 15) is 5.26 Å². The Hall–Kier alpha value is -3.59. The first-order chi connectivity index (χ1) is 13.4. The molecule has 0 fully saturated rings. The van der Waals surface area contributed by atoms with Gasteiger partial charge in [-0.05, 0) is 28.7 Å². The van der Waals surface area contributed by atoms with E-state index in [0.29, 0.717) is 11.5 Å². The van der Waals surface area contributed by atoms with Crippen molar-refractivity contribution in [2.24, 2.45) is 5.73 Å². The first kappa shape index (κ1) is 17.8. The Bertz CT molecular complexity index is 1080. The molecule has 1 atom stereocenters. The number of allylic oxidation sites excluding steroid dienone is 1. The van der Waals surface area contributed by atoms with Crippen LogP contribution in [0, 0.1) is 11.3 Å². The molecular weight excluding hydrogens is 350 g/mol. The lowest BCUT2D eigenvalue weighted by molar-refractivity contribution is 0.379. The summed E-state index contributed by atoms with van der Waals surface area (Å²) in [6.45, 7) is 6.51. The molecule has 0 radical (unpaired) electrons. The third kappa shape index (κ3) is 2.91. The molecule has 0 unspecified atom stereocenters. The molecule has 0 saturated carbocycles. The van der Waals surface area contributed by atoms with Crippen LogP contribution in [0.15, 0.2) is 60.2 Å². The average Bonchev–Trinajstić information content (AvgIpc) is 3.10. The van der Waals surface area contributed by atoms with Gasteiger partial charge in [0.1, 0.15) is 11.6 Å². The Kier molecular flexibility index (Phi) is 4.16. The van der Waals surface area contributed by atoms with Crippen LogP contribution in [0.25, 0.3) is 11.3 Å². The Balaban J connectivity index is 1.89. The molecule has 1 aliphatic heterocycles. The van der Waals surface area contributed by atoms with Crippen molar-refractivity contribution in [2.45, 2.75) is 32.1 Å². The molecule has 3 N–H and O–H groups in total. The highest BCUT2D eigenvalue weighted by Crippen LogP contribution is 2.45. The van der Waals surface area contributed by atoms with Crippen molar-refractivity contribution in [3.05, 3.63) is 76.9 Å². The number of rotatable bonds is 2. The van der Waals surface area contributed by atoms with Crippen molar-refractivity contribution in [1.82, 2.24) is 15.2 Å². The Labute approximate surface area is 163 Å². The monoisotopic (exact) mass is 371 g/mol. The number of H-pyrrole nitrogens is 1. The van der Waals surface area contributed by atoms with Gasteiger partial charge in [0.25, 0.3) is 0 Å². The van der Waals surface area contributed by atoms with E-state index in [1.165, 1.54) is 5.56 Å². The fourth-order valence-corrected chi connectivity index (χ4v) is 3.48. The number of hydrogen-bond acceptors (Lipinski definition) is 5. The van der Waals surface area contributed by atoms with E-state index in [4.69, 9.17) is 10.5 Å². The average molecular weight is 371 g/mol. The molecule has 6 heteroatoms. The van der Waals surface area contributed by atoms with Gasteiger partial charge >= 0.3 is 0 Å². The maximum absolute atomic E-state index is 9.79. The van der Waals surface area contributed by atoms with Crippen molar-refractivity contribution in [3.63, 3.8) is 0 Å². The fraction of sp³-hybridized carbons (Fsp3) is 0.227. The summed E-state index contributed by atoms with van der Waals surface area (Å²) in [5, 5.41) is 17.1. The number of nitrogens with two attached hydrogens (primary N) is 1. The highest BCUT2D eigenvalue weighted by atomic mass is 16.5. The Morgan fingerprint density at radius 1 is 1.18 bits per heavy atom. The molecule has 6 nitrogen and oxygen atoms in total. The highest BCUT2D eigenvalue weighted by molar-refractivity contribution is 5.70. The van der Waals surface area contributed by atoms with Crippen LogP contribution in [0.4, 0.5) is 0 Å². The molecule has 0 bridgehead atoms. The lowest BCUT2D eigenvalue weighted by Gasteiger charge is -2.25. The minimum absolute atomic E-state index is 0.0444. The van der Waals surface area contributed by atoms with E-state index < -0.39 is 0 Å². The van der Waals surface area contributed by atoms with Gasteiger partial charge < -0.3 is 10.5 Å². The molecule has 28 heavy (non-hydrogen) atoms. The fourth-order valence-electron chi connectivity index (χ4n) is 3.48. The van der Waals surface area contributed by atoms with Crippen LogP contribution >= 0.6 is 0 Å². The number of aromatic nitrogens is 3. The zero-order chi connectivity index (χ0) is 19.9.